The number of halogens is 1. The zero-order chi connectivity index (χ0) is 14.2. The zero-order valence-corrected chi connectivity index (χ0v) is 13.1. The molecule has 1 aliphatic heterocycles. The molecule has 0 amide bonds. The number of hydrogen-bond acceptors (Lipinski definition) is 1. The van der Waals surface area contributed by atoms with E-state index in [4.69, 9.17) is 0 Å². The molecule has 3 heteroatoms. The first-order chi connectivity index (χ1) is 10.3. The average Bonchev–Trinajstić information content (AvgIpc) is 2.87. The topological polar surface area (TPSA) is 19.0 Å². The van der Waals surface area contributed by atoms with Crippen LogP contribution in [0.5, 0.6) is 0 Å². The van der Waals surface area contributed by atoms with Gasteiger partial charge in [0.05, 0.1) is 0 Å². The highest BCUT2D eigenvalue weighted by atomic mass is 79.9. The lowest BCUT2D eigenvalue weighted by molar-refractivity contribution is 0.847. The van der Waals surface area contributed by atoms with Gasteiger partial charge in [0.25, 0.3) is 0 Å². The van der Waals surface area contributed by atoms with Crippen molar-refractivity contribution in [3.05, 3.63) is 70.2 Å². The molecule has 0 radical (unpaired) electrons. The summed E-state index contributed by atoms with van der Waals surface area (Å²) in [5, 5.41) is 1.29. The van der Waals surface area contributed by atoms with Gasteiger partial charge in [-0.25, -0.2) is 0 Å². The Bertz CT molecular complexity index is 832. The van der Waals surface area contributed by atoms with Crippen molar-refractivity contribution in [1.82, 2.24) is 4.98 Å². The molecule has 2 heterocycles. The fourth-order valence-electron chi connectivity index (χ4n) is 2.96. The number of hydrogen-bond donors (Lipinski definition) is 1. The number of aromatic amines is 1. The molecule has 3 aromatic rings. The minimum Gasteiger partial charge on any atom is -0.350 e. The monoisotopic (exact) mass is 338 g/mol. The molecule has 21 heavy (non-hydrogen) atoms. The van der Waals surface area contributed by atoms with Crippen molar-refractivity contribution < 1.29 is 0 Å². The highest BCUT2D eigenvalue weighted by Crippen LogP contribution is 2.33. The molecule has 0 unspecified atom stereocenters. The van der Waals surface area contributed by atoms with Crippen molar-refractivity contribution >= 4 is 38.7 Å². The molecule has 2 nitrogen and oxygen atoms in total. The molecule has 2 aromatic carbocycles. The lowest BCUT2D eigenvalue weighted by atomic mass is 10.1. The number of rotatable bonds is 2. The lowest BCUT2D eigenvalue weighted by Gasteiger charge is -2.25. The van der Waals surface area contributed by atoms with E-state index in [0.717, 1.165) is 17.6 Å². The Morgan fingerprint density at radius 3 is 2.90 bits per heavy atom. The minimum absolute atomic E-state index is 0.906. The van der Waals surface area contributed by atoms with Crippen LogP contribution in [-0.4, -0.2) is 11.5 Å². The van der Waals surface area contributed by atoms with E-state index in [1.54, 1.807) is 0 Å². The molecule has 1 N–H and O–H groups in total. The number of anilines is 1. The summed E-state index contributed by atoms with van der Waals surface area (Å²) in [6.45, 7) is 1.84. The molecule has 0 saturated carbocycles. The Morgan fingerprint density at radius 2 is 2.00 bits per heavy atom. The molecule has 0 aliphatic carbocycles. The van der Waals surface area contributed by atoms with Gasteiger partial charge in [0.1, 0.15) is 5.82 Å². The van der Waals surface area contributed by atoms with Crippen molar-refractivity contribution in [2.45, 2.75) is 6.54 Å². The van der Waals surface area contributed by atoms with Crippen LogP contribution >= 0.6 is 15.9 Å². The fraction of sp³-hybridized carbons (Fsp3) is 0.111. The second kappa shape index (κ2) is 5.08. The third-order valence-electron chi connectivity index (χ3n) is 3.91. The summed E-state index contributed by atoms with van der Waals surface area (Å²) in [6, 6.07) is 17.0. The predicted molar refractivity (Wildman–Crippen MR) is 92.5 cm³/mol. The van der Waals surface area contributed by atoms with Gasteiger partial charge in [-0.05, 0) is 23.8 Å². The first-order valence-corrected chi connectivity index (χ1v) is 7.87. The molecule has 0 fully saturated rings. The number of para-hydroxylation sites is 1. The summed E-state index contributed by atoms with van der Waals surface area (Å²) < 4.78 is 1.13. The number of nitrogens with one attached hydrogen (secondary N) is 1. The second-order valence-electron chi connectivity index (χ2n) is 5.35. The molecule has 0 spiro atoms. The van der Waals surface area contributed by atoms with Gasteiger partial charge in [-0.3, -0.25) is 0 Å². The van der Waals surface area contributed by atoms with Crippen LogP contribution in [0.3, 0.4) is 0 Å². The number of benzene rings is 2. The number of fused-ring (bicyclic) bond motifs is 3. The summed E-state index contributed by atoms with van der Waals surface area (Å²) in [7, 11) is 0. The summed E-state index contributed by atoms with van der Waals surface area (Å²) in [4.78, 5) is 5.95. The lowest BCUT2D eigenvalue weighted by Crippen LogP contribution is -2.25. The molecule has 1 aromatic heterocycles. The van der Waals surface area contributed by atoms with Gasteiger partial charge in [0, 0.05) is 34.0 Å². The Kier molecular flexibility index (Phi) is 3.08. The van der Waals surface area contributed by atoms with Gasteiger partial charge < -0.3 is 9.88 Å². The van der Waals surface area contributed by atoms with Crippen LogP contribution < -0.4 is 4.90 Å². The maximum Gasteiger partial charge on any atom is 0.114 e. The van der Waals surface area contributed by atoms with E-state index in [1.165, 1.54) is 27.8 Å². The standard InChI is InChI=1S/C18H15BrN2/c19-14-6-3-5-13(11-14)12-21-10-4-8-16-15-7-1-2-9-17(15)20-18(16)21/h1-9,11,20H,10,12H2. The normalized spacial score (nSPS) is 13.7. The number of H-pyrrole nitrogens is 1. The number of nitrogens with zero attached hydrogens (tertiary/aromatic N) is 1. The van der Waals surface area contributed by atoms with Crippen LogP contribution in [-0.2, 0) is 6.54 Å². The van der Waals surface area contributed by atoms with E-state index in [-0.39, 0.29) is 0 Å². The van der Waals surface area contributed by atoms with Crippen LogP contribution in [0, 0.1) is 0 Å². The van der Waals surface area contributed by atoms with Gasteiger partial charge in [0.2, 0.25) is 0 Å². The molecule has 4 rings (SSSR count). The van der Waals surface area contributed by atoms with E-state index in [9.17, 15) is 0 Å². The van der Waals surface area contributed by atoms with Crippen molar-refractivity contribution in [3.63, 3.8) is 0 Å². The second-order valence-corrected chi connectivity index (χ2v) is 6.26. The third kappa shape index (κ3) is 2.28. The minimum atomic E-state index is 0.906. The Morgan fingerprint density at radius 1 is 1.10 bits per heavy atom. The van der Waals surface area contributed by atoms with E-state index >= 15 is 0 Å². The maximum atomic E-state index is 3.56. The molecule has 104 valence electrons. The molecule has 0 bridgehead atoms. The highest BCUT2D eigenvalue weighted by molar-refractivity contribution is 9.10. The summed E-state index contributed by atoms with van der Waals surface area (Å²) >= 11 is 3.55. The zero-order valence-electron chi connectivity index (χ0n) is 11.5. The summed E-state index contributed by atoms with van der Waals surface area (Å²) in [5.41, 5.74) is 3.81. The number of aromatic nitrogens is 1. The molecule has 1 aliphatic rings. The molecular formula is C18H15BrN2. The molecule has 0 saturated heterocycles. The summed E-state index contributed by atoms with van der Waals surface area (Å²) in [6.07, 6.45) is 4.46. The van der Waals surface area contributed by atoms with Crippen LogP contribution in [0.4, 0.5) is 5.82 Å². The van der Waals surface area contributed by atoms with Crippen molar-refractivity contribution in [3.8, 4) is 0 Å². The fourth-order valence-corrected chi connectivity index (χ4v) is 3.40. The Labute approximate surface area is 132 Å². The summed E-state index contributed by atoms with van der Waals surface area (Å²) in [5.74, 6) is 1.22. The molecular weight excluding hydrogens is 324 g/mol. The highest BCUT2D eigenvalue weighted by Gasteiger charge is 2.18. The maximum absolute atomic E-state index is 3.56. The van der Waals surface area contributed by atoms with Gasteiger partial charge >= 0.3 is 0 Å². The van der Waals surface area contributed by atoms with Crippen molar-refractivity contribution in [2.75, 3.05) is 11.4 Å². The van der Waals surface area contributed by atoms with Gasteiger partial charge in [0.15, 0.2) is 0 Å². The SMILES string of the molecule is Brc1cccc(CN2CC=Cc3c2[nH]c2ccccc32)c1. The Balaban J connectivity index is 1.75. The van der Waals surface area contributed by atoms with Crippen molar-refractivity contribution in [1.29, 1.82) is 0 Å². The van der Waals surface area contributed by atoms with E-state index in [2.05, 4.69) is 86.5 Å². The van der Waals surface area contributed by atoms with E-state index in [1.807, 2.05) is 0 Å². The third-order valence-corrected chi connectivity index (χ3v) is 4.41. The van der Waals surface area contributed by atoms with E-state index in [0.29, 0.717) is 0 Å². The average molecular weight is 339 g/mol. The quantitative estimate of drug-likeness (QED) is 0.699. The largest absolute Gasteiger partial charge is 0.350 e. The van der Waals surface area contributed by atoms with Crippen LogP contribution in [0.25, 0.3) is 17.0 Å². The Hall–Kier alpha value is -2.00. The molecule has 0 atom stereocenters. The first kappa shape index (κ1) is 12.7. The van der Waals surface area contributed by atoms with Gasteiger partial charge in [-0.1, -0.05) is 58.4 Å². The van der Waals surface area contributed by atoms with Crippen LogP contribution in [0.2, 0.25) is 0 Å². The smallest absolute Gasteiger partial charge is 0.114 e. The van der Waals surface area contributed by atoms with Crippen molar-refractivity contribution in [2.24, 2.45) is 0 Å². The van der Waals surface area contributed by atoms with Crippen LogP contribution in [0.1, 0.15) is 11.1 Å². The van der Waals surface area contributed by atoms with Gasteiger partial charge in [-0.2, -0.15) is 0 Å². The van der Waals surface area contributed by atoms with Gasteiger partial charge in [-0.15, -0.1) is 0 Å². The van der Waals surface area contributed by atoms with Crippen LogP contribution in [0.15, 0.2) is 59.1 Å². The first-order valence-electron chi connectivity index (χ1n) is 7.08. The predicted octanol–water partition coefficient (Wildman–Crippen LogP) is 4.96. The van der Waals surface area contributed by atoms with E-state index < -0.39 is 0 Å².